The highest BCUT2D eigenvalue weighted by Crippen LogP contribution is 2.73. The molecule has 0 heterocycles. The Hall–Kier alpha value is -1.69. The lowest BCUT2D eigenvalue weighted by Gasteiger charge is -2.69. The number of halogens is 1. The van der Waals surface area contributed by atoms with Gasteiger partial charge in [0.2, 0.25) is 0 Å². The van der Waals surface area contributed by atoms with E-state index in [0.717, 1.165) is 54.7 Å². The van der Waals surface area contributed by atoms with Crippen LogP contribution in [0.1, 0.15) is 112 Å². The maximum atomic E-state index is 13.8. The van der Waals surface area contributed by atoms with Gasteiger partial charge in [0.15, 0.2) is 5.78 Å². The average molecular weight is 638 g/mol. The Morgan fingerprint density at radius 2 is 1.67 bits per heavy atom. The molecule has 45 heavy (non-hydrogen) atoms. The van der Waals surface area contributed by atoms with Crippen LogP contribution >= 0.6 is 11.6 Å². The molecule has 6 rings (SSSR count). The van der Waals surface area contributed by atoms with Gasteiger partial charge in [-0.05, 0) is 115 Å². The third kappa shape index (κ3) is 5.26. The number of fused-ring (bicyclic) bond motifs is 7. The van der Waals surface area contributed by atoms with Crippen molar-refractivity contribution < 1.29 is 19.4 Å². The molecule has 0 aromatic heterocycles. The van der Waals surface area contributed by atoms with Crippen molar-refractivity contribution in [1.29, 1.82) is 0 Å². The van der Waals surface area contributed by atoms with Gasteiger partial charge >= 0.3 is 5.97 Å². The van der Waals surface area contributed by atoms with E-state index in [9.17, 15) is 14.7 Å². The Morgan fingerprint density at radius 1 is 0.978 bits per heavy atom. The smallest absolute Gasteiger partial charge is 0.302 e. The number of ether oxygens (including phenoxy) is 1. The second-order valence-corrected chi connectivity index (χ2v) is 17.4. The molecule has 1 aromatic carbocycles. The minimum atomic E-state index is -0.600. The van der Waals surface area contributed by atoms with Gasteiger partial charge in [-0.15, -0.1) is 0 Å². The summed E-state index contributed by atoms with van der Waals surface area (Å²) in [6.45, 7) is 16.9. The number of aliphatic hydroxyl groups excluding tert-OH is 1. The van der Waals surface area contributed by atoms with Crippen molar-refractivity contribution in [3.05, 3.63) is 46.0 Å². The fourth-order valence-corrected chi connectivity index (χ4v) is 12.4. The molecule has 0 aliphatic heterocycles. The van der Waals surface area contributed by atoms with Crippen molar-refractivity contribution in [2.24, 2.45) is 51.2 Å². The molecule has 6 heteroatoms. The Bertz CT molecular complexity index is 1350. The molecule has 0 radical (unpaired) electrons. The summed E-state index contributed by atoms with van der Waals surface area (Å²) in [7, 11) is 0. The standard InChI is InChI=1S/C39H56ClNO4/c1-23(2)34-29(43)20-39(32(44)22-41-21-25-8-10-26(40)11-9-25)19-14-28-27(35(34)39)12-13-31-37(28,6)17-15-30-36(4,5)33(45-24(3)42)16-18-38(30,31)7/h8-11,23,27-28,30-33,41,44H,12-22H2,1-7H3/t27?,28?,30-,31-,32?,33?,37-,38?,39?/m0/s1. The molecular weight excluding hydrogens is 582 g/mol. The number of carbonyl (C=O) groups is 2. The van der Waals surface area contributed by atoms with Gasteiger partial charge in [-0.2, -0.15) is 0 Å². The largest absolute Gasteiger partial charge is 0.462 e. The first-order chi connectivity index (χ1) is 21.1. The first-order valence-electron chi connectivity index (χ1n) is 17.7. The highest BCUT2D eigenvalue weighted by Gasteiger charge is 2.67. The maximum absolute atomic E-state index is 13.8. The number of nitrogens with one attached hydrogen (secondary N) is 1. The normalized spacial score (nSPS) is 39.5. The van der Waals surface area contributed by atoms with Crippen LogP contribution in [0.3, 0.4) is 0 Å². The summed E-state index contributed by atoms with van der Waals surface area (Å²) in [5.41, 5.74) is 3.40. The molecule has 9 atom stereocenters. The van der Waals surface area contributed by atoms with Crippen molar-refractivity contribution in [3.63, 3.8) is 0 Å². The number of esters is 1. The SMILES string of the molecule is CC(=O)OC1CCC2(C)[C@H]3CCC4C5=C(C(C)C)C(=O)CC5(C(O)CNCc5ccc(Cl)cc5)CCC4[C@]3(C)CC[C@H]2C1(C)C. The van der Waals surface area contributed by atoms with Gasteiger partial charge < -0.3 is 15.2 Å². The first-order valence-corrected chi connectivity index (χ1v) is 18.1. The monoisotopic (exact) mass is 637 g/mol. The van der Waals surface area contributed by atoms with Crippen molar-refractivity contribution in [2.45, 2.75) is 125 Å². The van der Waals surface area contributed by atoms with Crippen LogP contribution in [0.25, 0.3) is 0 Å². The maximum Gasteiger partial charge on any atom is 0.302 e. The van der Waals surface area contributed by atoms with Crippen molar-refractivity contribution in [3.8, 4) is 0 Å². The second-order valence-electron chi connectivity index (χ2n) is 17.0. The lowest BCUT2D eigenvalue weighted by atomic mass is 9.36. The number of carbonyl (C=O) groups excluding carboxylic acids is 2. The molecule has 5 aliphatic carbocycles. The summed E-state index contributed by atoms with van der Waals surface area (Å²) in [6.07, 6.45) is 8.47. The summed E-state index contributed by atoms with van der Waals surface area (Å²) in [4.78, 5) is 25.8. The Balaban J connectivity index is 1.27. The van der Waals surface area contributed by atoms with Gasteiger partial charge in [-0.3, -0.25) is 9.59 Å². The van der Waals surface area contributed by atoms with Gasteiger partial charge in [0.1, 0.15) is 6.10 Å². The van der Waals surface area contributed by atoms with E-state index in [1.807, 2.05) is 24.3 Å². The van der Waals surface area contributed by atoms with Crippen LogP contribution in [0.5, 0.6) is 0 Å². The summed E-state index contributed by atoms with van der Waals surface area (Å²) < 4.78 is 5.92. The van der Waals surface area contributed by atoms with Crippen LogP contribution in [0, 0.1) is 51.2 Å². The van der Waals surface area contributed by atoms with Gasteiger partial charge in [-0.25, -0.2) is 0 Å². The minimum absolute atomic E-state index is 0.0119. The minimum Gasteiger partial charge on any atom is -0.462 e. The van der Waals surface area contributed by atoms with Crippen LogP contribution in [0.15, 0.2) is 35.4 Å². The molecule has 0 saturated heterocycles. The molecule has 0 bridgehead atoms. The molecule has 0 amide bonds. The molecule has 5 nitrogen and oxygen atoms in total. The third-order valence-electron chi connectivity index (χ3n) is 14.1. The number of hydrogen-bond donors (Lipinski definition) is 2. The number of hydrogen-bond acceptors (Lipinski definition) is 5. The predicted octanol–water partition coefficient (Wildman–Crippen LogP) is 8.31. The van der Waals surface area contributed by atoms with Crippen LogP contribution in [0.2, 0.25) is 5.02 Å². The zero-order valence-corrected chi connectivity index (χ0v) is 29.4. The zero-order chi connectivity index (χ0) is 32.5. The van der Waals surface area contributed by atoms with Gasteiger partial charge in [0.05, 0.1) is 6.10 Å². The first kappa shape index (κ1) is 33.2. The Kier molecular flexibility index (Phi) is 8.69. The fourth-order valence-electron chi connectivity index (χ4n) is 12.3. The van der Waals surface area contributed by atoms with Crippen LogP contribution < -0.4 is 5.32 Å². The number of rotatable bonds is 7. The van der Waals surface area contributed by atoms with Crippen molar-refractivity contribution >= 4 is 23.4 Å². The molecule has 1 aromatic rings. The van der Waals surface area contributed by atoms with Crippen molar-refractivity contribution in [1.82, 2.24) is 5.32 Å². The van der Waals surface area contributed by atoms with Gasteiger partial charge in [0, 0.05) is 42.3 Å². The average Bonchev–Trinajstić information content (AvgIpc) is 3.29. The highest BCUT2D eigenvalue weighted by atomic mass is 35.5. The van der Waals surface area contributed by atoms with Gasteiger partial charge in [0.25, 0.3) is 0 Å². The van der Waals surface area contributed by atoms with Crippen LogP contribution in [-0.4, -0.2) is 35.6 Å². The number of benzene rings is 1. The summed E-state index contributed by atoms with van der Waals surface area (Å²) in [6, 6.07) is 7.84. The summed E-state index contributed by atoms with van der Waals surface area (Å²) in [5.74, 6) is 2.30. The quantitative estimate of drug-likeness (QED) is 0.294. The van der Waals surface area contributed by atoms with Gasteiger partial charge in [-0.1, -0.05) is 70.8 Å². The topological polar surface area (TPSA) is 75.6 Å². The number of aliphatic hydroxyl groups is 1. The molecule has 0 spiro atoms. The second kappa shape index (κ2) is 11.8. The number of ketones is 1. The van der Waals surface area contributed by atoms with Crippen molar-refractivity contribution in [2.75, 3.05) is 6.54 Å². The van der Waals surface area contributed by atoms with Crippen LogP contribution in [-0.2, 0) is 20.9 Å². The van der Waals surface area contributed by atoms with E-state index in [4.69, 9.17) is 16.3 Å². The van der Waals surface area contributed by atoms with E-state index in [2.05, 4.69) is 46.9 Å². The molecule has 2 N–H and O–H groups in total. The van der Waals surface area contributed by atoms with E-state index in [-0.39, 0.29) is 40.0 Å². The van der Waals surface area contributed by atoms with E-state index in [1.54, 1.807) is 6.92 Å². The van der Waals surface area contributed by atoms with E-state index < -0.39 is 11.5 Å². The zero-order valence-electron chi connectivity index (χ0n) is 28.7. The molecule has 4 fully saturated rings. The summed E-state index contributed by atoms with van der Waals surface area (Å²) >= 11 is 6.08. The van der Waals surface area contributed by atoms with E-state index in [1.165, 1.54) is 18.4 Å². The van der Waals surface area contributed by atoms with E-state index >= 15 is 0 Å². The molecular formula is C39H56ClNO4. The predicted molar refractivity (Wildman–Crippen MR) is 180 cm³/mol. The van der Waals surface area contributed by atoms with E-state index in [0.29, 0.717) is 43.2 Å². The molecule has 4 saturated carbocycles. The third-order valence-corrected chi connectivity index (χ3v) is 14.4. The highest BCUT2D eigenvalue weighted by molar-refractivity contribution is 6.30. The molecule has 248 valence electrons. The lowest BCUT2D eigenvalue weighted by Crippen LogP contribution is -2.63. The Morgan fingerprint density at radius 3 is 2.33 bits per heavy atom. The number of Topliss-reactive ketones (excluding diaryl/α,β-unsaturated/α-hetero) is 1. The molecule has 6 unspecified atom stereocenters. The molecule has 5 aliphatic rings. The fraction of sp³-hybridized carbons (Fsp3) is 0.744. The van der Waals surface area contributed by atoms with Crippen LogP contribution in [0.4, 0.5) is 0 Å². The Labute approximate surface area is 276 Å². The lowest BCUT2D eigenvalue weighted by molar-refractivity contribution is -0.213. The number of allylic oxidation sites excluding steroid dienone is 1. The summed E-state index contributed by atoms with van der Waals surface area (Å²) in [5, 5.41) is 16.2.